The molecule has 18 heavy (non-hydrogen) atoms. The Labute approximate surface area is 110 Å². The van der Waals surface area contributed by atoms with Crippen LogP contribution in [-0.4, -0.2) is 18.7 Å². The Bertz CT molecular complexity index is 405. The Balaban J connectivity index is 2.29. The monoisotopic (exact) mass is 248 g/mol. The van der Waals surface area contributed by atoms with Gasteiger partial charge in [0.2, 0.25) is 0 Å². The van der Waals surface area contributed by atoms with E-state index in [1.807, 2.05) is 13.0 Å². The number of benzene rings is 1. The molecule has 100 valence electrons. The Morgan fingerprint density at radius 2 is 2.11 bits per heavy atom. The van der Waals surface area contributed by atoms with Crippen LogP contribution in [0.5, 0.6) is 5.75 Å². The zero-order valence-corrected chi connectivity index (χ0v) is 11.6. The van der Waals surface area contributed by atoms with Crippen LogP contribution in [0, 0.1) is 0 Å². The summed E-state index contributed by atoms with van der Waals surface area (Å²) in [7, 11) is 0. The largest absolute Gasteiger partial charge is 0.492 e. The highest BCUT2D eigenvalue weighted by atomic mass is 16.5. The second kappa shape index (κ2) is 5.51. The minimum Gasteiger partial charge on any atom is -0.492 e. The molecule has 1 heterocycles. The maximum Gasteiger partial charge on any atom is 0.144 e. The van der Waals surface area contributed by atoms with Crippen LogP contribution in [0.4, 0.5) is 11.4 Å². The number of nitrogens with zero attached hydrogens (tertiary/aromatic N) is 1. The molecule has 2 unspecified atom stereocenters. The molecule has 1 aliphatic heterocycles. The molecule has 0 radical (unpaired) electrons. The van der Waals surface area contributed by atoms with Gasteiger partial charge in [-0.2, -0.15) is 0 Å². The molecule has 1 aliphatic rings. The number of ether oxygens (including phenoxy) is 1. The molecule has 0 bridgehead atoms. The van der Waals surface area contributed by atoms with Crippen molar-refractivity contribution >= 4 is 11.4 Å². The van der Waals surface area contributed by atoms with Crippen molar-refractivity contribution in [2.45, 2.75) is 52.1 Å². The Kier molecular flexibility index (Phi) is 4.00. The first kappa shape index (κ1) is 13.1. The van der Waals surface area contributed by atoms with Crippen LogP contribution >= 0.6 is 0 Å². The van der Waals surface area contributed by atoms with Crippen LogP contribution in [0.2, 0.25) is 0 Å². The van der Waals surface area contributed by atoms with Crippen molar-refractivity contribution < 1.29 is 4.74 Å². The van der Waals surface area contributed by atoms with E-state index in [2.05, 4.69) is 30.9 Å². The van der Waals surface area contributed by atoms with Crippen molar-refractivity contribution in [3.63, 3.8) is 0 Å². The predicted octanol–water partition coefficient (Wildman–Crippen LogP) is 3.43. The number of rotatable bonds is 4. The standard InChI is InChI=1S/C15H24N2O/c1-4-12-7-6-11(3)17(12)13-8-9-14(16)15(10-13)18-5-2/h8-12H,4-7,16H2,1-3H3. The molecule has 1 aromatic rings. The zero-order chi connectivity index (χ0) is 13.1. The molecule has 2 rings (SSSR count). The second-order valence-corrected chi connectivity index (χ2v) is 5.05. The van der Waals surface area contributed by atoms with Gasteiger partial charge >= 0.3 is 0 Å². The van der Waals surface area contributed by atoms with E-state index >= 15 is 0 Å². The van der Waals surface area contributed by atoms with E-state index in [1.165, 1.54) is 24.9 Å². The molecule has 1 aromatic carbocycles. The summed E-state index contributed by atoms with van der Waals surface area (Å²) in [6.45, 7) is 7.20. The Morgan fingerprint density at radius 3 is 2.78 bits per heavy atom. The molecule has 2 atom stereocenters. The van der Waals surface area contributed by atoms with Gasteiger partial charge < -0.3 is 15.4 Å². The van der Waals surface area contributed by atoms with Gasteiger partial charge in [0, 0.05) is 23.8 Å². The predicted molar refractivity (Wildman–Crippen MR) is 77.3 cm³/mol. The maximum absolute atomic E-state index is 5.93. The van der Waals surface area contributed by atoms with Gasteiger partial charge in [0.15, 0.2) is 0 Å². The fraction of sp³-hybridized carbons (Fsp3) is 0.600. The van der Waals surface area contributed by atoms with Gasteiger partial charge in [0.1, 0.15) is 5.75 Å². The van der Waals surface area contributed by atoms with Gasteiger partial charge in [-0.3, -0.25) is 0 Å². The molecule has 3 nitrogen and oxygen atoms in total. The summed E-state index contributed by atoms with van der Waals surface area (Å²) in [5.41, 5.74) is 7.90. The molecular formula is C15H24N2O. The third kappa shape index (κ3) is 2.40. The topological polar surface area (TPSA) is 38.5 Å². The molecule has 3 heteroatoms. The van der Waals surface area contributed by atoms with E-state index in [0.717, 1.165) is 11.4 Å². The summed E-state index contributed by atoms with van der Waals surface area (Å²) in [6, 6.07) is 7.41. The lowest BCUT2D eigenvalue weighted by Crippen LogP contribution is -2.34. The van der Waals surface area contributed by atoms with Crippen LogP contribution < -0.4 is 15.4 Å². The van der Waals surface area contributed by atoms with E-state index in [9.17, 15) is 0 Å². The molecular weight excluding hydrogens is 224 g/mol. The van der Waals surface area contributed by atoms with Crippen molar-refractivity contribution in [2.24, 2.45) is 0 Å². The molecule has 0 saturated carbocycles. The third-order valence-corrected chi connectivity index (χ3v) is 3.85. The zero-order valence-electron chi connectivity index (χ0n) is 11.6. The lowest BCUT2D eigenvalue weighted by Gasteiger charge is -2.30. The number of nitrogen functional groups attached to an aromatic ring is 1. The maximum atomic E-state index is 5.93. The second-order valence-electron chi connectivity index (χ2n) is 5.05. The van der Waals surface area contributed by atoms with Crippen molar-refractivity contribution in [1.29, 1.82) is 0 Å². The van der Waals surface area contributed by atoms with Crippen LogP contribution in [0.3, 0.4) is 0 Å². The van der Waals surface area contributed by atoms with Crippen LogP contribution in [0.15, 0.2) is 18.2 Å². The van der Waals surface area contributed by atoms with Crippen molar-refractivity contribution in [3.05, 3.63) is 18.2 Å². The van der Waals surface area contributed by atoms with Gasteiger partial charge in [-0.05, 0) is 45.2 Å². The third-order valence-electron chi connectivity index (χ3n) is 3.85. The van der Waals surface area contributed by atoms with Gasteiger partial charge in [-0.1, -0.05) is 6.92 Å². The molecule has 0 amide bonds. The summed E-state index contributed by atoms with van der Waals surface area (Å²) in [5.74, 6) is 0.809. The van der Waals surface area contributed by atoms with E-state index in [0.29, 0.717) is 18.7 Å². The van der Waals surface area contributed by atoms with Gasteiger partial charge in [0.05, 0.1) is 12.3 Å². The highest BCUT2D eigenvalue weighted by Gasteiger charge is 2.29. The summed E-state index contributed by atoms with van der Waals surface area (Å²) >= 11 is 0. The fourth-order valence-electron chi connectivity index (χ4n) is 2.90. The summed E-state index contributed by atoms with van der Waals surface area (Å²) < 4.78 is 5.59. The average Bonchev–Trinajstić information content (AvgIpc) is 2.74. The lowest BCUT2D eigenvalue weighted by molar-refractivity contribution is 0.342. The molecule has 0 aliphatic carbocycles. The van der Waals surface area contributed by atoms with Crippen molar-refractivity contribution in [3.8, 4) is 5.75 Å². The molecule has 1 fully saturated rings. The number of nitrogens with two attached hydrogens (primary N) is 1. The lowest BCUT2D eigenvalue weighted by atomic mass is 10.1. The summed E-state index contributed by atoms with van der Waals surface area (Å²) in [6.07, 6.45) is 3.75. The Morgan fingerprint density at radius 1 is 1.33 bits per heavy atom. The first-order valence-corrected chi connectivity index (χ1v) is 6.98. The van der Waals surface area contributed by atoms with Gasteiger partial charge in [-0.25, -0.2) is 0 Å². The van der Waals surface area contributed by atoms with Crippen molar-refractivity contribution in [2.75, 3.05) is 17.2 Å². The normalized spacial score (nSPS) is 23.4. The smallest absolute Gasteiger partial charge is 0.144 e. The molecule has 2 N–H and O–H groups in total. The average molecular weight is 248 g/mol. The minimum absolute atomic E-state index is 0.605. The molecule has 0 spiro atoms. The summed E-state index contributed by atoms with van der Waals surface area (Å²) in [4.78, 5) is 2.52. The number of hydrogen-bond donors (Lipinski definition) is 1. The first-order valence-electron chi connectivity index (χ1n) is 6.98. The van der Waals surface area contributed by atoms with Gasteiger partial charge in [-0.15, -0.1) is 0 Å². The molecule has 0 aromatic heterocycles. The Hall–Kier alpha value is -1.38. The fourth-order valence-corrected chi connectivity index (χ4v) is 2.90. The quantitative estimate of drug-likeness (QED) is 0.830. The van der Waals surface area contributed by atoms with Gasteiger partial charge in [0.25, 0.3) is 0 Å². The van der Waals surface area contributed by atoms with Crippen molar-refractivity contribution in [1.82, 2.24) is 0 Å². The van der Waals surface area contributed by atoms with Crippen LogP contribution in [0.25, 0.3) is 0 Å². The van der Waals surface area contributed by atoms with E-state index < -0.39 is 0 Å². The van der Waals surface area contributed by atoms with Crippen LogP contribution in [-0.2, 0) is 0 Å². The van der Waals surface area contributed by atoms with E-state index in [-0.39, 0.29) is 0 Å². The minimum atomic E-state index is 0.605. The van der Waals surface area contributed by atoms with E-state index in [4.69, 9.17) is 10.5 Å². The highest BCUT2D eigenvalue weighted by molar-refractivity contribution is 5.63. The number of hydrogen-bond acceptors (Lipinski definition) is 3. The summed E-state index contributed by atoms with van der Waals surface area (Å²) in [5, 5.41) is 0. The highest BCUT2D eigenvalue weighted by Crippen LogP contribution is 2.35. The number of anilines is 2. The molecule has 1 saturated heterocycles. The first-order chi connectivity index (χ1) is 8.67. The van der Waals surface area contributed by atoms with Crippen LogP contribution in [0.1, 0.15) is 40.0 Å². The SMILES string of the molecule is CCOc1cc(N2C(C)CCC2CC)ccc1N. The van der Waals surface area contributed by atoms with E-state index in [1.54, 1.807) is 0 Å².